The van der Waals surface area contributed by atoms with Crippen molar-refractivity contribution < 1.29 is 14.1 Å². The van der Waals surface area contributed by atoms with E-state index in [9.17, 15) is 9.59 Å². The predicted octanol–water partition coefficient (Wildman–Crippen LogP) is 0.955. The highest BCUT2D eigenvalue weighted by Crippen LogP contribution is 2.29. The first-order valence-electron chi connectivity index (χ1n) is 7.91. The van der Waals surface area contributed by atoms with Crippen LogP contribution in [-0.2, 0) is 11.3 Å². The molecule has 8 nitrogen and oxygen atoms in total. The molecule has 0 aromatic carbocycles. The van der Waals surface area contributed by atoms with Crippen molar-refractivity contribution in [2.75, 3.05) is 13.1 Å². The van der Waals surface area contributed by atoms with Gasteiger partial charge in [0.25, 0.3) is 5.91 Å². The van der Waals surface area contributed by atoms with Crippen LogP contribution in [0.5, 0.6) is 0 Å². The second-order valence-corrected chi connectivity index (χ2v) is 6.65. The first kappa shape index (κ1) is 16.2. The molecule has 2 aromatic rings. The Hall–Kier alpha value is -2.64. The number of hydrogen-bond donors (Lipinski definition) is 1. The fourth-order valence-electron chi connectivity index (χ4n) is 2.98. The van der Waals surface area contributed by atoms with Gasteiger partial charge in [-0.25, -0.2) is 0 Å². The molecule has 2 aromatic heterocycles. The number of carbonyl (C=O) groups excluding carboxylic acids is 2. The molecule has 0 aliphatic carbocycles. The lowest BCUT2D eigenvalue weighted by Crippen LogP contribution is -2.50. The topological polar surface area (TPSA) is 107 Å². The monoisotopic (exact) mass is 331 g/mol. The highest BCUT2D eigenvalue weighted by atomic mass is 16.5. The van der Waals surface area contributed by atoms with Gasteiger partial charge in [0.1, 0.15) is 6.54 Å². The number of rotatable bonds is 4. The average molecular weight is 331 g/mol. The maximum absolute atomic E-state index is 12.6. The molecule has 1 fully saturated rings. The zero-order chi connectivity index (χ0) is 17.3. The molecule has 0 radical (unpaired) electrons. The number of piperidine rings is 1. The summed E-state index contributed by atoms with van der Waals surface area (Å²) in [7, 11) is 0. The molecule has 0 bridgehead atoms. The summed E-state index contributed by atoms with van der Waals surface area (Å²) < 4.78 is 6.96. The van der Waals surface area contributed by atoms with Crippen LogP contribution in [0.1, 0.15) is 41.6 Å². The van der Waals surface area contributed by atoms with E-state index in [4.69, 9.17) is 10.3 Å². The molecule has 24 heavy (non-hydrogen) atoms. The molecule has 1 saturated heterocycles. The van der Waals surface area contributed by atoms with Gasteiger partial charge in [0.05, 0.1) is 11.6 Å². The van der Waals surface area contributed by atoms with Gasteiger partial charge in [-0.05, 0) is 32.3 Å². The molecule has 8 heteroatoms. The number of carbonyl (C=O) groups is 2. The fourth-order valence-corrected chi connectivity index (χ4v) is 2.98. The Kier molecular flexibility index (Phi) is 4.13. The van der Waals surface area contributed by atoms with E-state index in [0.29, 0.717) is 31.8 Å². The van der Waals surface area contributed by atoms with Crippen LogP contribution in [0.25, 0.3) is 0 Å². The first-order valence-corrected chi connectivity index (χ1v) is 7.91. The van der Waals surface area contributed by atoms with E-state index in [2.05, 4.69) is 10.3 Å². The highest BCUT2D eigenvalue weighted by molar-refractivity contribution is 5.93. The van der Waals surface area contributed by atoms with Crippen molar-refractivity contribution in [1.29, 1.82) is 0 Å². The minimum absolute atomic E-state index is 0.239. The van der Waals surface area contributed by atoms with Crippen molar-refractivity contribution in [2.45, 2.75) is 33.2 Å². The molecular formula is C16H21N5O3. The summed E-state index contributed by atoms with van der Waals surface area (Å²) in [4.78, 5) is 25.9. The number of amides is 2. The molecule has 0 saturated carbocycles. The lowest BCUT2D eigenvalue weighted by atomic mass is 9.81. The van der Waals surface area contributed by atoms with Crippen LogP contribution in [0.3, 0.4) is 0 Å². The largest absolute Gasteiger partial charge is 0.369 e. The third kappa shape index (κ3) is 3.17. The van der Waals surface area contributed by atoms with Gasteiger partial charge >= 0.3 is 0 Å². The lowest BCUT2D eigenvalue weighted by Gasteiger charge is -2.37. The Morgan fingerprint density at radius 2 is 2.25 bits per heavy atom. The second-order valence-electron chi connectivity index (χ2n) is 6.65. The molecule has 128 valence electrons. The summed E-state index contributed by atoms with van der Waals surface area (Å²) in [6.45, 7) is 5.05. The standard InChI is InChI=1S/C16H21N5O3/c1-11-7-18-21(8-11)9-12-6-13(19-24-12)14(22)20-5-3-4-16(2,10-20)15(17)23/h6-8H,3-5,9-10H2,1-2H3,(H2,17,23). The molecule has 2 N–H and O–H groups in total. The Bertz CT molecular complexity index is 765. The number of aryl methyl sites for hydroxylation is 1. The van der Waals surface area contributed by atoms with Crippen LogP contribution in [0.2, 0.25) is 0 Å². The summed E-state index contributed by atoms with van der Waals surface area (Å²) in [6, 6.07) is 1.62. The highest BCUT2D eigenvalue weighted by Gasteiger charge is 2.38. The minimum Gasteiger partial charge on any atom is -0.369 e. The van der Waals surface area contributed by atoms with Crippen LogP contribution in [0.4, 0.5) is 0 Å². The average Bonchev–Trinajstić information content (AvgIpc) is 3.16. The molecule has 3 rings (SSSR count). The number of hydrogen-bond acceptors (Lipinski definition) is 5. The van der Waals surface area contributed by atoms with Gasteiger partial charge in [-0.2, -0.15) is 5.10 Å². The normalized spacial score (nSPS) is 21.0. The van der Waals surface area contributed by atoms with Crippen LogP contribution in [-0.4, -0.2) is 44.7 Å². The van der Waals surface area contributed by atoms with E-state index >= 15 is 0 Å². The molecule has 1 aliphatic rings. The van der Waals surface area contributed by atoms with Gasteiger partial charge in [0, 0.05) is 25.4 Å². The number of likely N-dealkylation sites (tertiary alicyclic amines) is 1. The maximum Gasteiger partial charge on any atom is 0.276 e. The zero-order valence-corrected chi connectivity index (χ0v) is 13.9. The minimum atomic E-state index is -0.687. The van der Waals surface area contributed by atoms with Crippen molar-refractivity contribution in [3.63, 3.8) is 0 Å². The molecular weight excluding hydrogens is 310 g/mol. The maximum atomic E-state index is 12.6. The van der Waals surface area contributed by atoms with Crippen LogP contribution in [0, 0.1) is 12.3 Å². The van der Waals surface area contributed by atoms with Crippen LogP contribution >= 0.6 is 0 Å². The zero-order valence-electron chi connectivity index (χ0n) is 13.9. The predicted molar refractivity (Wildman–Crippen MR) is 85.0 cm³/mol. The molecule has 2 amide bonds. The number of aromatic nitrogens is 3. The molecule has 1 atom stereocenters. The van der Waals surface area contributed by atoms with Crippen molar-refractivity contribution in [1.82, 2.24) is 19.8 Å². The van der Waals surface area contributed by atoms with Crippen molar-refractivity contribution in [3.8, 4) is 0 Å². The lowest BCUT2D eigenvalue weighted by molar-refractivity contribution is -0.129. The van der Waals surface area contributed by atoms with E-state index in [1.807, 2.05) is 13.1 Å². The van der Waals surface area contributed by atoms with E-state index in [1.165, 1.54) is 0 Å². The summed E-state index contributed by atoms with van der Waals surface area (Å²) >= 11 is 0. The molecule has 1 unspecified atom stereocenters. The Morgan fingerprint density at radius 3 is 2.92 bits per heavy atom. The van der Waals surface area contributed by atoms with Gasteiger partial charge < -0.3 is 15.2 Å². The first-order chi connectivity index (χ1) is 11.4. The van der Waals surface area contributed by atoms with Gasteiger partial charge in [-0.1, -0.05) is 5.16 Å². The van der Waals surface area contributed by atoms with Crippen LogP contribution < -0.4 is 5.73 Å². The van der Waals surface area contributed by atoms with Crippen molar-refractivity contribution in [3.05, 3.63) is 35.5 Å². The number of primary amides is 1. The van der Waals surface area contributed by atoms with Gasteiger partial charge in [-0.3, -0.25) is 14.3 Å². The Morgan fingerprint density at radius 1 is 1.46 bits per heavy atom. The molecule has 1 aliphatic heterocycles. The van der Waals surface area contributed by atoms with Gasteiger partial charge in [-0.15, -0.1) is 0 Å². The van der Waals surface area contributed by atoms with Gasteiger partial charge in [0.15, 0.2) is 11.5 Å². The molecule has 3 heterocycles. The number of nitrogens with two attached hydrogens (primary N) is 1. The van der Waals surface area contributed by atoms with E-state index < -0.39 is 5.41 Å². The van der Waals surface area contributed by atoms with Crippen LogP contribution in [0.15, 0.2) is 23.0 Å². The Labute approximate surface area is 139 Å². The van der Waals surface area contributed by atoms with E-state index in [1.54, 1.807) is 28.8 Å². The summed E-state index contributed by atoms with van der Waals surface area (Å²) in [5, 5.41) is 8.04. The van der Waals surface area contributed by atoms with Crippen molar-refractivity contribution in [2.24, 2.45) is 11.1 Å². The quantitative estimate of drug-likeness (QED) is 0.897. The SMILES string of the molecule is Cc1cnn(Cc2cc(C(=O)N3CCCC(C)(C(N)=O)C3)no2)c1. The van der Waals surface area contributed by atoms with E-state index in [-0.39, 0.29) is 17.5 Å². The summed E-state index contributed by atoms with van der Waals surface area (Å²) in [5.74, 6) is -0.0696. The third-order valence-electron chi connectivity index (χ3n) is 4.44. The third-order valence-corrected chi connectivity index (χ3v) is 4.44. The summed E-state index contributed by atoms with van der Waals surface area (Å²) in [6.07, 6.45) is 5.06. The fraction of sp³-hybridized carbons (Fsp3) is 0.500. The van der Waals surface area contributed by atoms with E-state index in [0.717, 1.165) is 12.0 Å². The molecule has 0 spiro atoms. The van der Waals surface area contributed by atoms with Crippen molar-refractivity contribution >= 4 is 11.8 Å². The van der Waals surface area contributed by atoms with Gasteiger partial charge in [0.2, 0.25) is 5.91 Å². The Balaban J connectivity index is 1.70. The second kappa shape index (κ2) is 6.10. The smallest absolute Gasteiger partial charge is 0.276 e. The number of nitrogens with zero attached hydrogens (tertiary/aromatic N) is 4. The summed E-state index contributed by atoms with van der Waals surface area (Å²) in [5.41, 5.74) is 6.07.